The lowest BCUT2D eigenvalue weighted by Gasteiger charge is -2.26. The van der Waals surface area contributed by atoms with Gasteiger partial charge in [0.2, 0.25) is 5.91 Å². The Morgan fingerprint density at radius 2 is 1.70 bits per heavy atom. The fourth-order valence-corrected chi connectivity index (χ4v) is 4.10. The van der Waals surface area contributed by atoms with Crippen LogP contribution in [0.25, 0.3) is 11.1 Å². The van der Waals surface area contributed by atoms with Crippen molar-refractivity contribution in [3.8, 4) is 11.1 Å². The number of nitrogens with zero attached hydrogens (tertiary/aromatic N) is 1. The van der Waals surface area contributed by atoms with Crippen LogP contribution in [0.1, 0.15) is 29.9 Å². The summed E-state index contributed by atoms with van der Waals surface area (Å²) in [7, 11) is 0. The molecule has 0 saturated carbocycles. The predicted octanol–water partition coefficient (Wildman–Crippen LogP) is 2.77. The van der Waals surface area contributed by atoms with E-state index in [0.29, 0.717) is 6.42 Å². The van der Waals surface area contributed by atoms with Crippen molar-refractivity contribution < 1.29 is 29.3 Å². The number of fused-ring (bicyclic) bond motifs is 3. The van der Waals surface area contributed by atoms with Crippen LogP contribution in [0.3, 0.4) is 0 Å². The zero-order valence-corrected chi connectivity index (χ0v) is 18.3. The minimum atomic E-state index is -1.21. The van der Waals surface area contributed by atoms with Gasteiger partial charge in [-0.1, -0.05) is 54.6 Å². The Labute approximate surface area is 192 Å². The Kier molecular flexibility index (Phi) is 8.21. The molecule has 174 valence electrons. The Morgan fingerprint density at radius 1 is 1.09 bits per heavy atom. The smallest absolute Gasteiger partial charge is 0.407 e. The van der Waals surface area contributed by atoms with Gasteiger partial charge in [-0.05, 0) is 35.1 Å². The van der Waals surface area contributed by atoms with E-state index >= 15 is 0 Å². The molecule has 3 N–H and O–H groups in total. The Bertz CT molecular complexity index is 976. The second-order valence-electron chi connectivity index (χ2n) is 7.77. The molecule has 2 aromatic carbocycles. The van der Waals surface area contributed by atoms with Gasteiger partial charge in [0.1, 0.15) is 19.2 Å². The third kappa shape index (κ3) is 5.78. The molecule has 3 rings (SSSR count). The summed E-state index contributed by atoms with van der Waals surface area (Å²) in [6, 6.07) is 14.9. The number of nitrogens with one attached hydrogen (secondary N) is 1. The van der Waals surface area contributed by atoms with E-state index in [0.717, 1.165) is 27.2 Å². The molecule has 0 bridgehead atoms. The average Bonchev–Trinajstić information content (AvgIpc) is 3.13. The molecule has 1 atom stereocenters. The molecule has 1 unspecified atom stereocenters. The number of carbonyl (C=O) groups excluding carboxylic acids is 2. The van der Waals surface area contributed by atoms with Crippen molar-refractivity contribution in [1.29, 1.82) is 0 Å². The predicted molar refractivity (Wildman–Crippen MR) is 123 cm³/mol. The van der Waals surface area contributed by atoms with Crippen molar-refractivity contribution in [1.82, 2.24) is 10.2 Å². The normalized spacial score (nSPS) is 12.9. The number of allylic oxidation sites excluding steroid dienone is 1. The third-order valence-corrected chi connectivity index (χ3v) is 5.60. The number of carboxylic acids is 1. The van der Waals surface area contributed by atoms with Crippen molar-refractivity contribution in [2.45, 2.75) is 24.8 Å². The van der Waals surface area contributed by atoms with Gasteiger partial charge in [-0.25, -0.2) is 4.79 Å². The molecule has 1 aliphatic carbocycles. The van der Waals surface area contributed by atoms with Gasteiger partial charge in [0, 0.05) is 12.5 Å². The molecule has 2 aromatic rings. The second kappa shape index (κ2) is 11.3. The first-order valence-electron chi connectivity index (χ1n) is 10.8. The summed E-state index contributed by atoms with van der Waals surface area (Å²) in [4.78, 5) is 37.5. The number of aliphatic carboxylic acids is 1. The van der Waals surface area contributed by atoms with Gasteiger partial charge in [-0.15, -0.1) is 6.58 Å². The molecule has 1 aliphatic rings. The molecule has 0 fully saturated rings. The molecule has 0 aromatic heterocycles. The second-order valence-corrected chi connectivity index (χ2v) is 7.77. The molecule has 0 heterocycles. The maximum absolute atomic E-state index is 12.8. The number of hydrogen-bond donors (Lipinski definition) is 3. The summed E-state index contributed by atoms with van der Waals surface area (Å²) in [5, 5.41) is 20.8. The average molecular weight is 453 g/mol. The van der Waals surface area contributed by atoms with Crippen LogP contribution in [0.15, 0.2) is 61.2 Å². The topological polar surface area (TPSA) is 116 Å². The molecule has 33 heavy (non-hydrogen) atoms. The molecule has 0 saturated heterocycles. The number of aliphatic hydroxyl groups excluding tert-OH is 1. The number of rotatable bonds is 11. The van der Waals surface area contributed by atoms with E-state index in [1.54, 1.807) is 6.08 Å². The van der Waals surface area contributed by atoms with Crippen LogP contribution in [-0.4, -0.2) is 65.4 Å². The summed E-state index contributed by atoms with van der Waals surface area (Å²) < 4.78 is 5.51. The summed E-state index contributed by atoms with van der Waals surface area (Å²) in [5.41, 5.74) is 4.35. The zero-order valence-electron chi connectivity index (χ0n) is 18.3. The minimum Gasteiger partial charge on any atom is -0.480 e. The molecule has 0 radical (unpaired) electrons. The van der Waals surface area contributed by atoms with E-state index in [4.69, 9.17) is 9.84 Å². The van der Waals surface area contributed by atoms with Crippen LogP contribution < -0.4 is 5.32 Å². The highest BCUT2D eigenvalue weighted by Crippen LogP contribution is 2.44. The fraction of sp³-hybridized carbons (Fsp3) is 0.320. The van der Waals surface area contributed by atoms with Gasteiger partial charge in [0.05, 0.1) is 6.61 Å². The van der Waals surface area contributed by atoms with Crippen molar-refractivity contribution >= 4 is 18.0 Å². The number of aliphatic hydroxyl groups is 1. The van der Waals surface area contributed by atoms with Crippen LogP contribution >= 0.6 is 0 Å². The minimum absolute atomic E-state index is 0.0949. The van der Waals surface area contributed by atoms with Crippen molar-refractivity contribution in [2.24, 2.45) is 0 Å². The molecule has 2 amide bonds. The fourth-order valence-electron chi connectivity index (χ4n) is 4.10. The van der Waals surface area contributed by atoms with E-state index in [9.17, 15) is 19.5 Å². The molecular formula is C25H28N2O6. The van der Waals surface area contributed by atoms with Gasteiger partial charge in [0.25, 0.3) is 0 Å². The Balaban J connectivity index is 1.69. The van der Waals surface area contributed by atoms with Gasteiger partial charge in [-0.3, -0.25) is 9.59 Å². The highest BCUT2D eigenvalue weighted by Gasteiger charge is 2.30. The van der Waals surface area contributed by atoms with E-state index in [-0.39, 0.29) is 25.5 Å². The van der Waals surface area contributed by atoms with Crippen LogP contribution in [0, 0.1) is 0 Å². The molecule has 0 spiro atoms. The van der Waals surface area contributed by atoms with Gasteiger partial charge >= 0.3 is 12.1 Å². The van der Waals surface area contributed by atoms with Crippen LogP contribution in [0.5, 0.6) is 0 Å². The number of hydrogen-bond acceptors (Lipinski definition) is 5. The SMILES string of the molecule is C=CCCC(NC(=O)OCC1c2ccccc2-c2ccccc21)C(=O)N(CCO)CC(=O)O. The Hall–Kier alpha value is -3.65. The van der Waals surface area contributed by atoms with E-state index in [1.165, 1.54) is 0 Å². The quantitative estimate of drug-likeness (QED) is 0.452. The van der Waals surface area contributed by atoms with E-state index < -0.39 is 37.2 Å². The third-order valence-electron chi connectivity index (χ3n) is 5.60. The highest BCUT2D eigenvalue weighted by atomic mass is 16.5. The summed E-state index contributed by atoms with van der Waals surface area (Å²) in [6.07, 6.45) is 1.50. The molecule has 8 heteroatoms. The van der Waals surface area contributed by atoms with Crippen molar-refractivity contribution in [2.75, 3.05) is 26.3 Å². The van der Waals surface area contributed by atoms with E-state index in [1.807, 2.05) is 48.5 Å². The first kappa shape index (κ1) is 24.0. The zero-order chi connectivity index (χ0) is 23.8. The number of alkyl carbamates (subject to hydrolysis) is 1. The van der Waals surface area contributed by atoms with Crippen molar-refractivity contribution in [3.63, 3.8) is 0 Å². The van der Waals surface area contributed by atoms with Gasteiger partial charge in [0.15, 0.2) is 0 Å². The maximum atomic E-state index is 12.8. The van der Waals surface area contributed by atoms with Gasteiger partial charge < -0.3 is 25.2 Å². The number of carbonyl (C=O) groups is 3. The van der Waals surface area contributed by atoms with Crippen LogP contribution in [0.2, 0.25) is 0 Å². The number of carboxylic acid groups (broad SMARTS) is 1. The highest BCUT2D eigenvalue weighted by molar-refractivity contribution is 5.88. The number of ether oxygens (including phenoxy) is 1. The lowest BCUT2D eigenvalue weighted by Crippen LogP contribution is -2.50. The monoisotopic (exact) mass is 452 g/mol. The summed E-state index contributed by atoms with van der Waals surface area (Å²) in [5.74, 6) is -1.93. The lowest BCUT2D eigenvalue weighted by atomic mass is 9.98. The van der Waals surface area contributed by atoms with Crippen LogP contribution in [-0.2, 0) is 14.3 Å². The number of amides is 2. The van der Waals surface area contributed by atoms with Gasteiger partial charge in [-0.2, -0.15) is 0 Å². The molecule has 0 aliphatic heterocycles. The maximum Gasteiger partial charge on any atom is 0.407 e. The lowest BCUT2D eigenvalue weighted by molar-refractivity contribution is -0.145. The van der Waals surface area contributed by atoms with E-state index in [2.05, 4.69) is 11.9 Å². The first-order chi connectivity index (χ1) is 16.0. The Morgan fingerprint density at radius 3 is 2.24 bits per heavy atom. The molecular weight excluding hydrogens is 424 g/mol. The first-order valence-corrected chi connectivity index (χ1v) is 10.8. The van der Waals surface area contributed by atoms with Crippen molar-refractivity contribution in [3.05, 3.63) is 72.3 Å². The number of benzene rings is 2. The standard InChI is InChI=1S/C25H28N2O6/c1-2-3-12-22(24(31)27(13-14-28)15-23(29)30)26-25(32)33-16-21-19-10-6-4-8-17(19)18-9-5-7-11-20(18)21/h2,4-11,21-22,28H,1,3,12-16H2,(H,26,32)(H,29,30). The molecule has 8 nitrogen and oxygen atoms in total. The largest absolute Gasteiger partial charge is 0.480 e. The summed E-state index contributed by atoms with van der Waals surface area (Å²) in [6.45, 7) is 2.61. The van der Waals surface area contributed by atoms with Crippen LogP contribution in [0.4, 0.5) is 4.79 Å². The summed E-state index contributed by atoms with van der Waals surface area (Å²) >= 11 is 0.